The number of sulfonamides is 1. The number of carbonyl (C=O) groups is 2. The number of benzene rings is 1. The van der Waals surface area contributed by atoms with E-state index in [0.717, 1.165) is 5.56 Å². The lowest BCUT2D eigenvalue weighted by Crippen LogP contribution is -2.34. The maximum atomic E-state index is 12.2. The molecule has 120 valence electrons. The summed E-state index contributed by atoms with van der Waals surface area (Å²) in [7, 11) is -3.95. The first kappa shape index (κ1) is 16.4. The van der Waals surface area contributed by atoms with Crippen molar-refractivity contribution in [1.82, 2.24) is 4.72 Å². The lowest BCUT2D eigenvalue weighted by molar-refractivity contribution is -0.125. The highest BCUT2D eigenvalue weighted by Gasteiger charge is 2.21. The summed E-state index contributed by atoms with van der Waals surface area (Å²) in [6.07, 6.45) is 0.612. The van der Waals surface area contributed by atoms with Crippen LogP contribution in [0.3, 0.4) is 0 Å². The summed E-state index contributed by atoms with van der Waals surface area (Å²) in [5.41, 5.74) is 1.33. The van der Waals surface area contributed by atoms with Crippen molar-refractivity contribution in [2.75, 3.05) is 11.9 Å². The van der Waals surface area contributed by atoms with Gasteiger partial charge in [-0.2, -0.15) is 0 Å². The molecule has 1 aromatic carbocycles. The van der Waals surface area contributed by atoms with Gasteiger partial charge in [0.25, 0.3) is 15.9 Å². The van der Waals surface area contributed by atoms with E-state index in [4.69, 9.17) is 4.74 Å². The summed E-state index contributed by atoms with van der Waals surface area (Å²) in [5.74, 6) is -0.818. The SMILES string of the molecule is CC(C)OCC(=O)NS(=O)(=O)c1ccc2c(c1)CCC(=O)N2. The van der Waals surface area contributed by atoms with E-state index in [1.165, 1.54) is 18.2 Å². The maximum Gasteiger partial charge on any atom is 0.264 e. The Morgan fingerprint density at radius 2 is 2.09 bits per heavy atom. The fraction of sp³-hybridized carbons (Fsp3) is 0.429. The number of anilines is 1. The Morgan fingerprint density at radius 3 is 2.77 bits per heavy atom. The highest BCUT2D eigenvalue weighted by molar-refractivity contribution is 7.90. The van der Waals surface area contributed by atoms with Gasteiger partial charge in [-0.3, -0.25) is 9.59 Å². The molecule has 0 atom stereocenters. The molecule has 7 nitrogen and oxygen atoms in total. The van der Waals surface area contributed by atoms with Gasteiger partial charge < -0.3 is 10.1 Å². The van der Waals surface area contributed by atoms with Crippen LogP contribution in [0.25, 0.3) is 0 Å². The van der Waals surface area contributed by atoms with Crippen molar-refractivity contribution in [3.8, 4) is 0 Å². The van der Waals surface area contributed by atoms with Crippen LogP contribution in [0.15, 0.2) is 23.1 Å². The normalized spacial score (nSPS) is 14.4. The Hall–Kier alpha value is -1.93. The standard InChI is InChI=1S/C14H18N2O5S/c1-9(2)21-8-14(18)16-22(19,20)11-4-5-12-10(7-11)3-6-13(17)15-12/h4-5,7,9H,3,6,8H2,1-2H3,(H,15,17)(H,16,18). The van der Waals surface area contributed by atoms with Crippen LogP contribution in [0.2, 0.25) is 0 Å². The lowest BCUT2D eigenvalue weighted by atomic mass is 10.0. The van der Waals surface area contributed by atoms with Crippen molar-refractivity contribution < 1.29 is 22.7 Å². The molecular formula is C14H18N2O5S. The average molecular weight is 326 g/mol. The number of hydrogen-bond acceptors (Lipinski definition) is 5. The van der Waals surface area contributed by atoms with Gasteiger partial charge in [0.2, 0.25) is 5.91 Å². The Bertz CT molecular complexity index is 697. The topological polar surface area (TPSA) is 102 Å². The van der Waals surface area contributed by atoms with Crippen LogP contribution in [0.1, 0.15) is 25.8 Å². The van der Waals surface area contributed by atoms with E-state index in [1.807, 2.05) is 4.72 Å². The molecule has 22 heavy (non-hydrogen) atoms. The van der Waals surface area contributed by atoms with Crippen molar-refractivity contribution in [1.29, 1.82) is 0 Å². The molecule has 0 radical (unpaired) electrons. The van der Waals surface area contributed by atoms with Crippen molar-refractivity contribution in [3.05, 3.63) is 23.8 Å². The molecule has 2 rings (SSSR count). The van der Waals surface area contributed by atoms with Gasteiger partial charge in [0.1, 0.15) is 6.61 Å². The Labute approximate surface area is 129 Å². The molecule has 2 amide bonds. The molecule has 1 heterocycles. The molecule has 0 aromatic heterocycles. The zero-order chi connectivity index (χ0) is 16.3. The molecule has 2 N–H and O–H groups in total. The third-order valence-electron chi connectivity index (χ3n) is 3.08. The Kier molecular flexibility index (Phi) is 4.82. The molecule has 0 spiro atoms. The number of amides is 2. The molecule has 1 aliphatic heterocycles. The molecule has 0 aliphatic carbocycles. The smallest absolute Gasteiger partial charge is 0.264 e. The second-order valence-corrected chi connectivity index (χ2v) is 6.94. The monoisotopic (exact) mass is 326 g/mol. The highest BCUT2D eigenvalue weighted by Crippen LogP contribution is 2.25. The van der Waals surface area contributed by atoms with Crippen molar-refractivity contribution in [2.45, 2.75) is 37.7 Å². The van der Waals surface area contributed by atoms with Gasteiger partial charge >= 0.3 is 0 Å². The molecule has 0 saturated carbocycles. The van der Waals surface area contributed by atoms with Gasteiger partial charge in [-0.05, 0) is 44.0 Å². The molecule has 1 aromatic rings. The first-order valence-corrected chi connectivity index (χ1v) is 8.36. The van der Waals surface area contributed by atoms with Crippen molar-refractivity contribution in [3.63, 3.8) is 0 Å². The average Bonchev–Trinajstić information content (AvgIpc) is 2.44. The molecular weight excluding hydrogens is 308 g/mol. The minimum Gasteiger partial charge on any atom is -0.369 e. The van der Waals surface area contributed by atoms with Crippen molar-refractivity contribution in [2.24, 2.45) is 0 Å². The van der Waals surface area contributed by atoms with Gasteiger partial charge in [0.15, 0.2) is 0 Å². The zero-order valence-electron chi connectivity index (χ0n) is 12.4. The van der Waals surface area contributed by atoms with Crippen LogP contribution in [0, 0.1) is 0 Å². The number of nitrogens with one attached hydrogen (secondary N) is 2. The largest absolute Gasteiger partial charge is 0.369 e. The minimum absolute atomic E-state index is 0.0136. The number of aryl methyl sites for hydroxylation is 1. The van der Waals surface area contributed by atoms with Gasteiger partial charge in [0, 0.05) is 12.1 Å². The number of fused-ring (bicyclic) bond motifs is 1. The van der Waals surface area contributed by atoms with Crippen LogP contribution in [-0.2, 0) is 30.8 Å². The summed E-state index contributed by atoms with van der Waals surface area (Å²) < 4.78 is 31.4. The second kappa shape index (κ2) is 6.45. The van der Waals surface area contributed by atoms with Crippen LogP contribution >= 0.6 is 0 Å². The predicted octanol–water partition coefficient (Wildman–Crippen LogP) is 0.801. The molecule has 0 saturated heterocycles. The van der Waals surface area contributed by atoms with Crippen LogP contribution in [0.5, 0.6) is 0 Å². The molecule has 0 fully saturated rings. The van der Waals surface area contributed by atoms with Crippen LogP contribution in [0.4, 0.5) is 5.69 Å². The van der Waals surface area contributed by atoms with Gasteiger partial charge in [-0.1, -0.05) is 0 Å². The summed E-state index contributed by atoms with van der Waals surface area (Å²) in [6.45, 7) is 3.18. The fourth-order valence-corrected chi connectivity index (χ4v) is 3.03. The van der Waals surface area contributed by atoms with E-state index in [-0.39, 0.29) is 23.5 Å². The molecule has 1 aliphatic rings. The van der Waals surface area contributed by atoms with E-state index in [2.05, 4.69) is 5.32 Å². The number of rotatable bonds is 5. The van der Waals surface area contributed by atoms with Gasteiger partial charge in [-0.15, -0.1) is 0 Å². The van der Waals surface area contributed by atoms with Crippen LogP contribution < -0.4 is 10.0 Å². The third-order valence-corrected chi connectivity index (χ3v) is 4.45. The summed E-state index contributed by atoms with van der Waals surface area (Å²) in [5, 5.41) is 2.67. The van der Waals surface area contributed by atoms with Gasteiger partial charge in [-0.25, -0.2) is 13.1 Å². The van der Waals surface area contributed by atoms with Crippen LogP contribution in [-0.4, -0.2) is 32.9 Å². The number of carbonyl (C=O) groups excluding carboxylic acids is 2. The lowest BCUT2D eigenvalue weighted by Gasteiger charge is -2.17. The summed E-state index contributed by atoms with van der Waals surface area (Å²) >= 11 is 0. The van der Waals surface area contributed by atoms with E-state index in [1.54, 1.807) is 13.8 Å². The number of hydrogen-bond donors (Lipinski definition) is 2. The highest BCUT2D eigenvalue weighted by atomic mass is 32.2. The van der Waals surface area contributed by atoms with Crippen molar-refractivity contribution >= 4 is 27.5 Å². The minimum atomic E-state index is -3.95. The predicted molar refractivity (Wildman–Crippen MR) is 79.8 cm³/mol. The third kappa shape index (κ3) is 4.05. The quantitative estimate of drug-likeness (QED) is 0.833. The maximum absolute atomic E-state index is 12.2. The molecule has 0 unspecified atom stereocenters. The van der Waals surface area contributed by atoms with Gasteiger partial charge in [0.05, 0.1) is 11.0 Å². The van der Waals surface area contributed by atoms with E-state index in [0.29, 0.717) is 18.5 Å². The summed E-state index contributed by atoms with van der Waals surface area (Å²) in [4.78, 5) is 22.9. The summed E-state index contributed by atoms with van der Waals surface area (Å²) in [6, 6.07) is 4.34. The van der Waals surface area contributed by atoms with E-state index >= 15 is 0 Å². The van der Waals surface area contributed by atoms with E-state index in [9.17, 15) is 18.0 Å². The fourth-order valence-electron chi connectivity index (χ4n) is 2.01. The first-order valence-electron chi connectivity index (χ1n) is 6.88. The Balaban J connectivity index is 2.13. The zero-order valence-corrected chi connectivity index (χ0v) is 13.2. The van der Waals surface area contributed by atoms with E-state index < -0.39 is 15.9 Å². The molecule has 8 heteroatoms. The first-order chi connectivity index (χ1) is 10.3. The Morgan fingerprint density at radius 1 is 1.36 bits per heavy atom. The number of ether oxygens (including phenoxy) is 1. The second-order valence-electron chi connectivity index (χ2n) is 5.26. The molecule has 0 bridgehead atoms.